The molecule has 0 N–H and O–H groups in total. The summed E-state index contributed by atoms with van der Waals surface area (Å²) in [5.41, 5.74) is -1.59. The van der Waals surface area contributed by atoms with Crippen molar-refractivity contribution in [3.8, 4) is 11.5 Å². The van der Waals surface area contributed by atoms with Crippen molar-refractivity contribution in [2.45, 2.75) is 174 Å². The molecule has 0 aromatic heterocycles. The molecule has 0 atom stereocenters. The molecule has 0 spiro atoms. The van der Waals surface area contributed by atoms with Gasteiger partial charge in [-0.15, -0.1) is 0 Å². The molecule has 4 aromatic carbocycles. The highest BCUT2D eigenvalue weighted by Gasteiger charge is 2.45. The molecule has 4 aliphatic rings. The van der Waals surface area contributed by atoms with Crippen molar-refractivity contribution in [3.63, 3.8) is 0 Å². The van der Waals surface area contributed by atoms with Crippen molar-refractivity contribution in [1.82, 2.24) is 4.90 Å². The third-order valence-corrected chi connectivity index (χ3v) is 14.6. The van der Waals surface area contributed by atoms with Crippen LogP contribution in [0, 0.1) is 23.7 Å². The summed E-state index contributed by atoms with van der Waals surface area (Å²) in [6.45, 7) is 7.33. The van der Waals surface area contributed by atoms with Gasteiger partial charge in [0.15, 0.2) is 6.29 Å². The first kappa shape index (κ1) is 62.6. The van der Waals surface area contributed by atoms with Crippen LogP contribution in [0.4, 0.5) is 52.7 Å². The number of benzene rings is 4. The Labute approximate surface area is 441 Å². The third kappa shape index (κ3) is 17.1. The van der Waals surface area contributed by atoms with Crippen molar-refractivity contribution >= 4 is 39.8 Å². The lowest BCUT2D eigenvalue weighted by molar-refractivity contribution is -0.186. The van der Waals surface area contributed by atoms with Crippen LogP contribution in [-0.2, 0) is 38.0 Å². The lowest BCUT2D eigenvalue weighted by atomic mass is 9.87. The number of aldehydes is 1. The average molecular weight is 1110 g/mol. The fourth-order valence-electron chi connectivity index (χ4n) is 10.7. The van der Waals surface area contributed by atoms with Gasteiger partial charge in [0.25, 0.3) is 0 Å². The van der Waals surface area contributed by atoms with Gasteiger partial charge < -0.3 is 18.9 Å². The lowest BCUT2D eigenvalue weighted by Gasteiger charge is -2.32. The van der Waals surface area contributed by atoms with E-state index in [1.54, 1.807) is 38.1 Å². The van der Waals surface area contributed by atoms with Crippen LogP contribution in [0.5, 0.6) is 11.5 Å². The highest BCUT2D eigenvalue weighted by atomic mass is 19.4. The van der Waals surface area contributed by atoms with Gasteiger partial charge in [0, 0.05) is 22.9 Å². The van der Waals surface area contributed by atoms with Crippen molar-refractivity contribution < 1.29 is 86.0 Å². The van der Waals surface area contributed by atoms with Gasteiger partial charge in [-0.25, -0.2) is 0 Å². The summed E-state index contributed by atoms with van der Waals surface area (Å²) in [7, 11) is 0. The molecule has 0 unspecified atom stereocenters. The minimum absolute atomic E-state index is 0. The van der Waals surface area contributed by atoms with Crippen LogP contribution in [0.1, 0.15) is 152 Å². The summed E-state index contributed by atoms with van der Waals surface area (Å²) in [5, 5.41) is 0.433. The molecule has 4 aromatic rings. The second-order valence-electron chi connectivity index (χ2n) is 20.3. The number of hydrogen-bond acceptors (Lipinski definition) is 8. The van der Waals surface area contributed by atoms with Crippen molar-refractivity contribution in [3.05, 3.63) is 82.9 Å². The molecule has 77 heavy (non-hydrogen) atoms. The Morgan fingerprint density at radius 1 is 0.584 bits per heavy atom. The van der Waals surface area contributed by atoms with Crippen LogP contribution in [0.15, 0.2) is 60.7 Å². The van der Waals surface area contributed by atoms with Crippen LogP contribution in [0.3, 0.4) is 0 Å². The Morgan fingerprint density at radius 3 is 1.48 bits per heavy atom. The van der Waals surface area contributed by atoms with E-state index in [4.69, 9.17) is 18.9 Å². The number of ether oxygens (including phenoxy) is 4. The molecule has 1 heterocycles. The molecule has 8 nitrogen and oxygen atoms in total. The summed E-state index contributed by atoms with van der Waals surface area (Å²) in [4.78, 5) is 36.7. The fourth-order valence-corrected chi connectivity index (χ4v) is 10.7. The van der Waals surface area contributed by atoms with Gasteiger partial charge in [-0.3, -0.25) is 19.3 Å². The molecule has 3 aliphatic carbocycles. The Bertz CT molecular complexity index is 2550. The number of carbonyl (C=O) groups is 3. The Morgan fingerprint density at radius 2 is 1.04 bits per heavy atom. The first-order valence-electron chi connectivity index (χ1n) is 26.0. The predicted molar refractivity (Wildman–Crippen MR) is 267 cm³/mol. The number of rotatable bonds is 11. The van der Waals surface area contributed by atoms with E-state index in [9.17, 15) is 67.1 Å². The molecule has 428 valence electrons. The summed E-state index contributed by atoms with van der Waals surface area (Å²) >= 11 is 0. The first-order valence-corrected chi connectivity index (χ1v) is 26.0. The highest BCUT2D eigenvalue weighted by molar-refractivity contribution is 6.01. The van der Waals surface area contributed by atoms with Gasteiger partial charge in [0.1, 0.15) is 22.6 Å². The van der Waals surface area contributed by atoms with E-state index in [0.717, 1.165) is 18.9 Å². The molecule has 0 radical (unpaired) electrons. The van der Waals surface area contributed by atoms with Crippen molar-refractivity contribution in [1.29, 1.82) is 0 Å². The number of piperidine rings is 1. The topological polar surface area (TPSA) is 91.4 Å². The average Bonchev–Trinajstić information content (AvgIpc) is 3.36. The zero-order valence-corrected chi connectivity index (χ0v) is 42.7. The molecular formula is C57H69F12NO7. The SMILES string of the molecule is C.CC(C)OC(=O)C1CCN(Cc2cccc3ccc(OC4CCC(C(F)(F)F)CC4)c(C(F)(F)F)c23)CC1.CCOC(=O)C1CCCCC1.O=Cc1cccc2ccc(OC3CCC(C(F)(F)F)CC3)c(C(F)(F)F)c12. The highest BCUT2D eigenvalue weighted by Crippen LogP contribution is 2.47. The number of nitrogens with zero attached hydrogens (tertiary/aromatic N) is 1. The van der Waals surface area contributed by atoms with Crippen molar-refractivity contribution in [2.24, 2.45) is 23.7 Å². The fraction of sp³-hybridized carbons (Fsp3) is 0.596. The van der Waals surface area contributed by atoms with Gasteiger partial charge in [-0.1, -0.05) is 75.2 Å². The minimum Gasteiger partial charge on any atom is -0.490 e. The number of fused-ring (bicyclic) bond motifs is 2. The van der Waals surface area contributed by atoms with E-state index in [-0.39, 0.29) is 123 Å². The third-order valence-electron chi connectivity index (χ3n) is 14.6. The Kier molecular flexibility index (Phi) is 22.0. The van der Waals surface area contributed by atoms with Gasteiger partial charge >= 0.3 is 36.6 Å². The van der Waals surface area contributed by atoms with E-state index in [1.165, 1.54) is 49.6 Å². The van der Waals surface area contributed by atoms with Gasteiger partial charge in [0.2, 0.25) is 0 Å². The van der Waals surface area contributed by atoms with Crippen LogP contribution in [0.2, 0.25) is 0 Å². The smallest absolute Gasteiger partial charge is 0.420 e. The Hall–Kier alpha value is -5.27. The summed E-state index contributed by atoms with van der Waals surface area (Å²) in [6.07, 6.45) is -13.0. The Balaban J connectivity index is 0.000000243. The number of esters is 2. The van der Waals surface area contributed by atoms with E-state index in [0.29, 0.717) is 49.8 Å². The van der Waals surface area contributed by atoms with Crippen molar-refractivity contribution in [2.75, 3.05) is 19.7 Å². The largest absolute Gasteiger partial charge is 0.490 e. The zero-order valence-electron chi connectivity index (χ0n) is 42.7. The second-order valence-corrected chi connectivity index (χ2v) is 20.3. The number of carbonyl (C=O) groups excluding carboxylic acids is 3. The van der Waals surface area contributed by atoms with Gasteiger partial charge in [0.05, 0.1) is 48.6 Å². The second kappa shape index (κ2) is 27.1. The quantitative estimate of drug-likeness (QED) is 0.0833. The number of likely N-dealkylation sites (tertiary alicyclic amines) is 1. The molecule has 3 saturated carbocycles. The van der Waals surface area contributed by atoms with E-state index < -0.39 is 65.6 Å². The van der Waals surface area contributed by atoms with Gasteiger partial charge in [-0.05, 0) is 139 Å². The normalized spacial score (nSPS) is 21.2. The molecule has 0 amide bonds. The van der Waals surface area contributed by atoms with Crippen LogP contribution >= 0.6 is 0 Å². The zero-order chi connectivity index (χ0) is 55.6. The maximum absolute atomic E-state index is 14.5. The monoisotopic (exact) mass is 1110 g/mol. The summed E-state index contributed by atoms with van der Waals surface area (Å²) in [6, 6.07) is 14.6. The lowest BCUT2D eigenvalue weighted by Crippen LogP contribution is -2.37. The van der Waals surface area contributed by atoms with Crippen LogP contribution < -0.4 is 9.47 Å². The standard InChI is InChI=1S/C28H33F6NO3.C19H16F6O2.C9H16O2.CH4/c1-17(2)37-26(36)19-12-14-35(15-13-19)16-20-5-3-4-18-6-11-23(25(24(18)20)28(32,33)34)38-22-9-7-21(8-10-22)27(29,30)31;20-18(21,22)13-5-7-14(8-6-13)27-15-9-4-11-2-1-3-12(10-26)16(11)17(15)19(23,24)25;1-2-11-9(10)8-6-4-3-5-7-8;/h3-6,11,17,19,21-22H,7-10,12-16H2,1-2H3;1-4,9-10,13-14H,5-8H2;8H,2-7H2,1H3;1H4. The molecule has 4 fully saturated rings. The summed E-state index contributed by atoms with van der Waals surface area (Å²) in [5.74, 6) is -3.92. The molecule has 0 bridgehead atoms. The maximum Gasteiger partial charge on any atom is 0.420 e. The first-order chi connectivity index (χ1) is 35.8. The number of halogens is 12. The van der Waals surface area contributed by atoms with Gasteiger partial charge in [-0.2, -0.15) is 52.7 Å². The molecule has 8 rings (SSSR count). The number of alkyl halides is 12. The van der Waals surface area contributed by atoms with E-state index in [2.05, 4.69) is 0 Å². The van der Waals surface area contributed by atoms with E-state index in [1.807, 2.05) is 11.8 Å². The maximum atomic E-state index is 14.5. The molecule has 1 saturated heterocycles. The predicted octanol–water partition coefficient (Wildman–Crippen LogP) is 16.5. The molecular weight excluding hydrogens is 1040 g/mol. The molecule has 1 aliphatic heterocycles. The minimum atomic E-state index is -4.78. The number of hydrogen-bond donors (Lipinski definition) is 0. The van der Waals surface area contributed by atoms with Crippen LogP contribution in [-0.4, -0.2) is 73.5 Å². The molecule has 20 heteroatoms. The van der Waals surface area contributed by atoms with Crippen LogP contribution in [0.25, 0.3) is 21.5 Å². The van der Waals surface area contributed by atoms with E-state index >= 15 is 0 Å². The summed E-state index contributed by atoms with van der Waals surface area (Å²) < 4.78 is 183.